The first kappa shape index (κ1) is 19.0. The lowest BCUT2D eigenvalue weighted by Gasteiger charge is -2.51. The SMILES string of the molecule is CCCCC1CCC2C(CCC3CC(c4ccc(C#N)c(F)c4)CCC32)C1. The van der Waals surface area contributed by atoms with Gasteiger partial charge in [0.2, 0.25) is 0 Å². The molecule has 3 saturated carbocycles. The molecule has 27 heavy (non-hydrogen) atoms. The minimum Gasteiger partial charge on any atom is -0.206 e. The first-order chi connectivity index (χ1) is 13.2. The summed E-state index contributed by atoms with van der Waals surface area (Å²) in [7, 11) is 0. The molecule has 0 saturated heterocycles. The van der Waals surface area contributed by atoms with Crippen LogP contribution in [0.5, 0.6) is 0 Å². The van der Waals surface area contributed by atoms with E-state index in [-0.39, 0.29) is 11.4 Å². The van der Waals surface area contributed by atoms with Crippen molar-refractivity contribution in [1.29, 1.82) is 5.26 Å². The van der Waals surface area contributed by atoms with Crippen LogP contribution in [-0.4, -0.2) is 0 Å². The Morgan fingerprint density at radius 1 is 1.00 bits per heavy atom. The molecule has 0 heterocycles. The zero-order chi connectivity index (χ0) is 18.8. The maximum Gasteiger partial charge on any atom is 0.141 e. The molecule has 0 aliphatic heterocycles. The molecule has 146 valence electrons. The van der Waals surface area contributed by atoms with Gasteiger partial charge in [0.1, 0.15) is 11.9 Å². The lowest BCUT2D eigenvalue weighted by molar-refractivity contribution is 0.00522. The second-order valence-electron chi connectivity index (χ2n) is 9.61. The summed E-state index contributed by atoms with van der Waals surface area (Å²) in [6, 6.07) is 7.25. The van der Waals surface area contributed by atoms with E-state index in [9.17, 15) is 4.39 Å². The first-order valence-electron chi connectivity index (χ1n) is 11.4. The summed E-state index contributed by atoms with van der Waals surface area (Å²) in [6.07, 6.45) is 15.2. The van der Waals surface area contributed by atoms with Gasteiger partial charge in [0.15, 0.2) is 0 Å². The standard InChI is InChI=1S/C25H34FN/c1-2-3-4-17-5-11-23-20(13-17)7-8-21-14-18(10-12-24(21)23)19-6-9-22(16-27)25(26)15-19/h6,9,15,17-18,20-21,23-24H,2-5,7-8,10-14H2,1H3. The summed E-state index contributed by atoms with van der Waals surface area (Å²) >= 11 is 0. The highest BCUT2D eigenvalue weighted by molar-refractivity contribution is 5.35. The fourth-order valence-corrected chi connectivity index (χ4v) is 6.83. The number of benzene rings is 1. The molecule has 4 rings (SSSR count). The summed E-state index contributed by atoms with van der Waals surface area (Å²) in [6.45, 7) is 2.31. The lowest BCUT2D eigenvalue weighted by atomic mass is 9.55. The second kappa shape index (κ2) is 8.34. The van der Waals surface area contributed by atoms with Crippen LogP contribution < -0.4 is 0 Å². The third-order valence-corrected chi connectivity index (χ3v) is 8.20. The molecule has 0 amide bonds. The van der Waals surface area contributed by atoms with Crippen molar-refractivity contribution in [3.8, 4) is 6.07 Å². The Morgan fingerprint density at radius 3 is 2.44 bits per heavy atom. The number of hydrogen-bond donors (Lipinski definition) is 0. The predicted octanol–water partition coefficient (Wildman–Crippen LogP) is 7.21. The van der Waals surface area contributed by atoms with Crippen molar-refractivity contribution in [3.63, 3.8) is 0 Å². The quantitative estimate of drug-likeness (QED) is 0.551. The zero-order valence-corrected chi connectivity index (χ0v) is 16.8. The minimum atomic E-state index is -0.341. The number of unbranched alkanes of at least 4 members (excludes halogenated alkanes) is 1. The zero-order valence-electron chi connectivity index (χ0n) is 16.8. The molecule has 3 aliphatic rings. The van der Waals surface area contributed by atoms with Crippen LogP contribution in [0.3, 0.4) is 0 Å². The van der Waals surface area contributed by atoms with Gasteiger partial charge in [-0.3, -0.25) is 0 Å². The van der Waals surface area contributed by atoms with Crippen LogP contribution in [-0.2, 0) is 0 Å². The summed E-state index contributed by atoms with van der Waals surface area (Å²) in [4.78, 5) is 0. The minimum absolute atomic E-state index is 0.174. The van der Waals surface area contributed by atoms with Gasteiger partial charge in [-0.15, -0.1) is 0 Å². The molecular weight excluding hydrogens is 333 g/mol. The number of rotatable bonds is 4. The number of fused-ring (bicyclic) bond motifs is 3. The Bertz CT molecular complexity index is 690. The molecule has 3 aliphatic carbocycles. The van der Waals surface area contributed by atoms with Crippen molar-refractivity contribution in [1.82, 2.24) is 0 Å². The van der Waals surface area contributed by atoms with Gasteiger partial charge in [0.05, 0.1) is 5.56 Å². The fraction of sp³-hybridized carbons (Fsp3) is 0.720. The van der Waals surface area contributed by atoms with E-state index in [0.29, 0.717) is 5.92 Å². The van der Waals surface area contributed by atoms with E-state index >= 15 is 0 Å². The van der Waals surface area contributed by atoms with Crippen molar-refractivity contribution in [2.24, 2.45) is 29.6 Å². The maximum atomic E-state index is 14.1. The van der Waals surface area contributed by atoms with Crippen LogP contribution in [0.4, 0.5) is 4.39 Å². The fourth-order valence-electron chi connectivity index (χ4n) is 6.83. The molecule has 0 radical (unpaired) electrons. The Balaban J connectivity index is 1.39. The maximum absolute atomic E-state index is 14.1. The third kappa shape index (κ3) is 3.94. The number of hydrogen-bond acceptors (Lipinski definition) is 1. The van der Waals surface area contributed by atoms with Gasteiger partial charge in [-0.1, -0.05) is 38.7 Å². The molecule has 0 aromatic heterocycles. The van der Waals surface area contributed by atoms with E-state index in [2.05, 4.69) is 6.92 Å². The second-order valence-corrected chi connectivity index (χ2v) is 9.61. The number of halogens is 1. The molecule has 0 spiro atoms. The molecule has 2 heteroatoms. The number of nitrogens with zero attached hydrogens (tertiary/aromatic N) is 1. The molecule has 3 fully saturated rings. The van der Waals surface area contributed by atoms with Crippen molar-refractivity contribution in [3.05, 3.63) is 35.1 Å². The van der Waals surface area contributed by atoms with Crippen molar-refractivity contribution >= 4 is 0 Å². The summed E-state index contributed by atoms with van der Waals surface area (Å²) in [5, 5.41) is 8.96. The summed E-state index contributed by atoms with van der Waals surface area (Å²) in [5.74, 6) is 4.88. The van der Waals surface area contributed by atoms with Gasteiger partial charge in [0, 0.05) is 0 Å². The first-order valence-corrected chi connectivity index (χ1v) is 11.4. The normalized spacial score (nSPS) is 35.7. The molecular formula is C25H34FN. The van der Waals surface area contributed by atoms with E-state index in [1.165, 1.54) is 70.6 Å². The molecule has 1 aromatic carbocycles. The van der Waals surface area contributed by atoms with Gasteiger partial charge in [-0.2, -0.15) is 5.26 Å². The van der Waals surface area contributed by atoms with Gasteiger partial charge < -0.3 is 0 Å². The molecule has 1 nitrogen and oxygen atoms in total. The van der Waals surface area contributed by atoms with E-state index in [1.54, 1.807) is 12.1 Å². The monoisotopic (exact) mass is 367 g/mol. The van der Waals surface area contributed by atoms with Crippen LogP contribution in [0.15, 0.2) is 18.2 Å². The van der Waals surface area contributed by atoms with E-state index in [4.69, 9.17) is 5.26 Å². The molecule has 6 unspecified atom stereocenters. The van der Waals surface area contributed by atoms with Crippen molar-refractivity contribution in [2.45, 2.75) is 83.5 Å². The summed E-state index contributed by atoms with van der Waals surface area (Å²) < 4.78 is 14.1. The molecule has 0 N–H and O–H groups in total. The average Bonchev–Trinajstić information content (AvgIpc) is 2.71. The predicted molar refractivity (Wildman–Crippen MR) is 108 cm³/mol. The number of nitriles is 1. The lowest BCUT2D eigenvalue weighted by Crippen LogP contribution is -2.41. The Kier molecular flexibility index (Phi) is 5.86. The summed E-state index contributed by atoms with van der Waals surface area (Å²) in [5.41, 5.74) is 1.29. The topological polar surface area (TPSA) is 23.8 Å². The van der Waals surface area contributed by atoms with E-state index in [0.717, 1.165) is 35.2 Å². The van der Waals surface area contributed by atoms with Crippen molar-refractivity contribution < 1.29 is 4.39 Å². The van der Waals surface area contributed by atoms with Gasteiger partial charge in [-0.25, -0.2) is 4.39 Å². The van der Waals surface area contributed by atoms with E-state index < -0.39 is 0 Å². The van der Waals surface area contributed by atoms with Crippen molar-refractivity contribution in [2.75, 3.05) is 0 Å². The molecule has 0 bridgehead atoms. The largest absolute Gasteiger partial charge is 0.206 e. The van der Waals surface area contributed by atoms with Crippen LogP contribution >= 0.6 is 0 Å². The average molecular weight is 368 g/mol. The highest BCUT2D eigenvalue weighted by Gasteiger charge is 2.44. The van der Waals surface area contributed by atoms with Gasteiger partial charge >= 0.3 is 0 Å². The Labute approximate surface area is 164 Å². The van der Waals surface area contributed by atoms with Crippen LogP contribution in [0.2, 0.25) is 0 Å². The van der Waals surface area contributed by atoms with Crippen LogP contribution in [0.25, 0.3) is 0 Å². The van der Waals surface area contributed by atoms with Crippen LogP contribution in [0.1, 0.15) is 94.6 Å². The highest BCUT2D eigenvalue weighted by Crippen LogP contribution is 2.55. The van der Waals surface area contributed by atoms with Gasteiger partial charge in [0.25, 0.3) is 0 Å². The third-order valence-electron chi connectivity index (χ3n) is 8.20. The Morgan fingerprint density at radius 2 is 1.74 bits per heavy atom. The molecule has 1 aromatic rings. The highest BCUT2D eigenvalue weighted by atomic mass is 19.1. The smallest absolute Gasteiger partial charge is 0.141 e. The Hall–Kier alpha value is -1.36. The molecule has 6 atom stereocenters. The van der Waals surface area contributed by atoms with E-state index in [1.807, 2.05) is 12.1 Å². The van der Waals surface area contributed by atoms with Crippen LogP contribution in [0, 0.1) is 46.7 Å². The van der Waals surface area contributed by atoms with Gasteiger partial charge in [-0.05, 0) is 98.1 Å².